The van der Waals surface area contributed by atoms with Crippen LogP contribution in [0.15, 0.2) is 6.20 Å². The number of nitrogens with zero attached hydrogens (tertiary/aromatic N) is 2. The summed E-state index contributed by atoms with van der Waals surface area (Å²) in [5.74, 6) is 0.893. The lowest BCUT2D eigenvalue weighted by Crippen LogP contribution is -2.09. The molecule has 1 heterocycles. The van der Waals surface area contributed by atoms with Gasteiger partial charge in [0, 0.05) is 24.0 Å². The highest BCUT2D eigenvalue weighted by Crippen LogP contribution is 2.32. The smallest absolute Gasteiger partial charge is 0.316 e. The summed E-state index contributed by atoms with van der Waals surface area (Å²) in [6.07, 6.45) is 5.71. The van der Waals surface area contributed by atoms with Gasteiger partial charge in [0.05, 0.1) is 6.61 Å². The Morgan fingerprint density at radius 1 is 1.50 bits per heavy atom. The van der Waals surface area contributed by atoms with Crippen LogP contribution in [0.1, 0.15) is 30.5 Å². The Bertz CT molecular complexity index is 350. The molecular weight excluding hydrogens is 202 g/mol. The molecule has 16 heavy (non-hydrogen) atoms. The number of aryl methyl sites for hydroxylation is 1. The van der Waals surface area contributed by atoms with E-state index < -0.39 is 0 Å². The van der Waals surface area contributed by atoms with Crippen molar-refractivity contribution in [1.82, 2.24) is 15.3 Å². The number of hydrogen-bond acceptors (Lipinski definition) is 4. The van der Waals surface area contributed by atoms with Gasteiger partial charge >= 0.3 is 6.01 Å². The molecule has 1 N–H and O–H groups in total. The summed E-state index contributed by atoms with van der Waals surface area (Å²) >= 11 is 0. The van der Waals surface area contributed by atoms with Gasteiger partial charge < -0.3 is 10.1 Å². The Kier molecular flexibility index (Phi) is 3.72. The topological polar surface area (TPSA) is 47.0 Å². The van der Waals surface area contributed by atoms with Gasteiger partial charge in [-0.25, -0.2) is 9.97 Å². The largest absolute Gasteiger partial charge is 0.463 e. The van der Waals surface area contributed by atoms with Crippen molar-refractivity contribution in [3.8, 4) is 6.01 Å². The van der Waals surface area contributed by atoms with Crippen molar-refractivity contribution >= 4 is 0 Å². The van der Waals surface area contributed by atoms with Crippen LogP contribution in [0, 0.1) is 12.8 Å². The van der Waals surface area contributed by atoms with Crippen LogP contribution in [0.2, 0.25) is 0 Å². The van der Waals surface area contributed by atoms with Gasteiger partial charge in [0.2, 0.25) is 0 Å². The molecule has 1 aromatic rings. The fraction of sp³-hybridized carbons (Fsp3) is 0.667. The van der Waals surface area contributed by atoms with Crippen LogP contribution in [-0.2, 0) is 6.54 Å². The van der Waals surface area contributed by atoms with Crippen LogP contribution in [0.3, 0.4) is 0 Å². The van der Waals surface area contributed by atoms with E-state index in [1.807, 2.05) is 20.2 Å². The molecule has 0 saturated heterocycles. The van der Waals surface area contributed by atoms with Crippen LogP contribution < -0.4 is 10.1 Å². The standard InChI is InChI=1S/C12H19N3O/c1-9-11(7-13-2)8-14-12(15-9)16-6-5-10-3-4-10/h8,10,13H,3-7H2,1-2H3. The first-order valence-corrected chi connectivity index (χ1v) is 5.89. The Hall–Kier alpha value is -1.16. The minimum atomic E-state index is 0.512. The van der Waals surface area contributed by atoms with Crippen molar-refractivity contribution in [3.05, 3.63) is 17.5 Å². The third kappa shape index (κ3) is 3.17. The summed E-state index contributed by atoms with van der Waals surface area (Å²) in [6, 6.07) is 0.512. The first-order valence-electron chi connectivity index (χ1n) is 5.89. The summed E-state index contributed by atoms with van der Waals surface area (Å²) in [4.78, 5) is 8.54. The Balaban J connectivity index is 1.86. The lowest BCUT2D eigenvalue weighted by atomic mass is 10.2. The lowest BCUT2D eigenvalue weighted by Gasteiger charge is -2.07. The van der Waals surface area contributed by atoms with E-state index in [2.05, 4.69) is 15.3 Å². The van der Waals surface area contributed by atoms with Gasteiger partial charge in [-0.3, -0.25) is 0 Å². The van der Waals surface area contributed by atoms with E-state index in [-0.39, 0.29) is 0 Å². The molecule has 0 bridgehead atoms. The van der Waals surface area contributed by atoms with Crippen molar-refractivity contribution in [3.63, 3.8) is 0 Å². The predicted octanol–water partition coefficient (Wildman–Crippen LogP) is 1.68. The Morgan fingerprint density at radius 3 is 2.94 bits per heavy atom. The molecule has 1 saturated carbocycles. The molecule has 2 rings (SSSR count). The molecule has 1 aromatic heterocycles. The maximum absolute atomic E-state index is 5.53. The number of aromatic nitrogens is 2. The molecule has 4 nitrogen and oxygen atoms in total. The van der Waals surface area contributed by atoms with E-state index in [1.54, 1.807) is 0 Å². The average Bonchev–Trinajstić information content (AvgIpc) is 3.06. The SMILES string of the molecule is CNCc1cnc(OCCC2CC2)nc1C. The van der Waals surface area contributed by atoms with Crippen molar-refractivity contribution in [2.24, 2.45) is 5.92 Å². The molecule has 0 spiro atoms. The molecule has 0 aliphatic heterocycles. The van der Waals surface area contributed by atoms with Crippen molar-refractivity contribution < 1.29 is 4.74 Å². The van der Waals surface area contributed by atoms with Gasteiger partial charge in [0.15, 0.2) is 0 Å². The Morgan fingerprint density at radius 2 is 2.31 bits per heavy atom. The highest BCUT2D eigenvalue weighted by atomic mass is 16.5. The summed E-state index contributed by atoms with van der Waals surface area (Å²) in [7, 11) is 1.92. The molecule has 0 amide bonds. The van der Waals surface area contributed by atoms with Gasteiger partial charge in [-0.15, -0.1) is 0 Å². The van der Waals surface area contributed by atoms with E-state index in [0.29, 0.717) is 6.01 Å². The third-order valence-electron chi connectivity index (χ3n) is 2.88. The second-order valence-electron chi connectivity index (χ2n) is 4.37. The number of hydrogen-bond donors (Lipinski definition) is 1. The molecule has 1 aliphatic carbocycles. The fourth-order valence-corrected chi connectivity index (χ4v) is 1.63. The van der Waals surface area contributed by atoms with Gasteiger partial charge in [0.1, 0.15) is 0 Å². The summed E-state index contributed by atoms with van der Waals surface area (Å²) < 4.78 is 5.53. The van der Waals surface area contributed by atoms with E-state index in [1.165, 1.54) is 12.8 Å². The van der Waals surface area contributed by atoms with E-state index in [4.69, 9.17) is 4.74 Å². The van der Waals surface area contributed by atoms with Crippen LogP contribution in [0.4, 0.5) is 0 Å². The monoisotopic (exact) mass is 221 g/mol. The number of rotatable bonds is 6. The Labute approximate surface area is 96.4 Å². The number of ether oxygens (including phenoxy) is 1. The molecule has 0 aromatic carbocycles. The van der Waals surface area contributed by atoms with E-state index in [9.17, 15) is 0 Å². The second-order valence-corrected chi connectivity index (χ2v) is 4.37. The first kappa shape index (κ1) is 11.3. The van der Waals surface area contributed by atoms with Gasteiger partial charge in [-0.1, -0.05) is 12.8 Å². The van der Waals surface area contributed by atoms with Crippen LogP contribution >= 0.6 is 0 Å². The fourth-order valence-electron chi connectivity index (χ4n) is 1.63. The van der Waals surface area contributed by atoms with Gasteiger partial charge in [-0.05, 0) is 26.3 Å². The molecule has 0 atom stereocenters. The van der Waals surface area contributed by atoms with Crippen molar-refractivity contribution in [2.45, 2.75) is 32.7 Å². The van der Waals surface area contributed by atoms with Crippen molar-refractivity contribution in [2.75, 3.05) is 13.7 Å². The van der Waals surface area contributed by atoms with Gasteiger partial charge in [-0.2, -0.15) is 0 Å². The van der Waals surface area contributed by atoms with E-state index >= 15 is 0 Å². The summed E-state index contributed by atoms with van der Waals surface area (Å²) in [5, 5.41) is 3.09. The maximum Gasteiger partial charge on any atom is 0.316 e. The second kappa shape index (κ2) is 5.25. The highest BCUT2D eigenvalue weighted by Gasteiger charge is 2.20. The molecule has 0 radical (unpaired) electrons. The van der Waals surface area contributed by atoms with Crippen molar-refractivity contribution in [1.29, 1.82) is 0 Å². The zero-order valence-corrected chi connectivity index (χ0v) is 9.99. The molecule has 88 valence electrons. The number of nitrogens with one attached hydrogen (secondary N) is 1. The quantitative estimate of drug-likeness (QED) is 0.794. The van der Waals surface area contributed by atoms with E-state index in [0.717, 1.165) is 36.7 Å². The lowest BCUT2D eigenvalue weighted by molar-refractivity contribution is 0.278. The van der Waals surface area contributed by atoms with Crippen LogP contribution in [0.25, 0.3) is 0 Å². The summed E-state index contributed by atoms with van der Waals surface area (Å²) in [5.41, 5.74) is 2.11. The minimum Gasteiger partial charge on any atom is -0.463 e. The minimum absolute atomic E-state index is 0.512. The third-order valence-corrected chi connectivity index (χ3v) is 2.88. The molecule has 1 aliphatic rings. The molecular formula is C12H19N3O. The van der Waals surface area contributed by atoms with Gasteiger partial charge in [0.25, 0.3) is 0 Å². The molecule has 4 heteroatoms. The highest BCUT2D eigenvalue weighted by molar-refractivity contribution is 5.17. The zero-order valence-electron chi connectivity index (χ0n) is 9.99. The van der Waals surface area contributed by atoms with Crippen LogP contribution in [0.5, 0.6) is 6.01 Å². The zero-order chi connectivity index (χ0) is 11.4. The van der Waals surface area contributed by atoms with Crippen LogP contribution in [-0.4, -0.2) is 23.6 Å². The average molecular weight is 221 g/mol. The first-order chi connectivity index (χ1) is 7.79. The maximum atomic E-state index is 5.53. The normalized spacial score (nSPS) is 15.1. The molecule has 0 unspecified atom stereocenters. The summed E-state index contributed by atoms with van der Waals surface area (Å²) in [6.45, 7) is 3.53. The molecule has 1 fully saturated rings. The predicted molar refractivity (Wildman–Crippen MR) is 62.4 cm³/mol.